The summed E-state index contributed by atoms with van der Waals surface area (Å²) in [6.07, 6.45) is -1.58. The number of carbonyl (C=O) groups is 5. The highest BCUT2D eigenvalue weighted by Gasteiger charge is 2.27. The first kappa shape index (κ1) is 18.5. The smallest absolute Gasteiger partial charge is 0.326 e. The van der Waals surface area contributed by atoms with Gasteiger partial charge in [0.15, 0.2) is 0 Å². The first-order valence-corrected chi connectivity index (χ1v) is 5.91. The van der Waals surface area contributed by atoms with Gasteiger partial charge in [0.25, 0.3) is 5.91 Å². The zero-order valence-electron chi connectivity index (χ0n) is 10.9. The van der Waals surface area contributed by atoms with Gasteiger partial charge in [0.05, 0.1) is 6.04 Å². The number of nitrogens with two attached hydrogens (primary N) is 1. The van der Waals surface area contributed by atoms with Crippen molar-refractivity contribution >= 4 is 29.6 Å². The molecule has 118 valence electrons. The Bertz CT molecular complexity index is 448. The quantitative estimate of drug-likeness (QED) is 0.290. The predicted octanol–water partition coefficient (Wildman–Crippen LogP) is -1.82. The van der Waals surface area contributed by atoms with Gasteiger partial charge in [-0.05, 0) is 12.8 Å². The molecule has 0 rings (SSSR count). The van der Waals surface area contributed by atoms with E-state index in [4.69, 9.17) is 21.1 Å². The van der Waals surface area contributed by atoms with Crippen LogP contribution in [0, 0.1) is 0 Å². The van der Waals surface area contributed by atoms with Gasteiger partial charge in [0, 0.05) is 12.8 Å². The second-order valence-corrected chi connectivity index (χ2v) is 4.20. The molecule has 0 aliphatic heterocycles. The number of nitrogens with one attached hydrogen (secondary N) is 1. The maximum absolute atomic E-state index is 11.5. The molecule has 6 N–H and O–H groups in total. The summed E-state index contributed by atoms with van der Waals surface area (Å²) in [6, 6.07) is -2.90. The molecule has 0 saturated carbocycles. The van der Waals surface area contributed by atoms with Crippen LogP contribution in [0.25, 0.3) is 0 Å². The number of ketones is 1. The number of amides is 1. The van der Waals surface area contributed by atoms with Crippen LogP contribution in [0.5, 0.6) is 0 Å². The molecule has 0 saturated heterocycles. The number of rotatable bonds is 10. The fraction of sp³-hybridized carbons (Fsp3) is 0.545. The summed E-state index contributed by atoms with van der Waals surface area (Å²) in [4.78, 5) is 54.5. The van der Waals surface area contributed by atoms with Crippen molar-refractivity contribution < 1.29 is 39.3 Å². The van der Waals surface area contributed by atoms with Crippen LogP contribution in [0.2, 0.25) is 0 Å². The third-order valence-electron chi connectivity index (χ3n) is 2.48. The zero-order chi connectivity index (χ0) is 16.6. The summed E-state index contributed by atoms with van der Waals surface area (Å²) >= 11 is 0. The van der Waals surface area contributed by atoms with Crippen molar-refractivity contribution in [3.8, 4) is 0 Å². The lowest BCUT2D eigenvalue weighted by molar-refractivity contribution is -0.145. The minimum atomic E-state index is -1.54. The Balaban J connectivity index is 4.53. The maximum atomic E-state index is 11.5. The van der Waals surface area contributed by atoms with Crippen LogP contribution in [0.15, 0.2) is 0 Å². The number of hydrogen-bond donors (Lipinski definition) is 5. The van der Waals surface area contributed by atoms with E-state index in [0.29, 0.717) is 0 Å². The lowest BCUT2D eigenvalue weighted by Gasteiger charge is -2.14. The largest absolute Gasteiger partial charge is 0.481 e. The zero-order valence-corrected chi connectivity index (χ0v) is 10.9. The van der Waals surface area contributed by atoms with Crippen LogP contribution in [0.1, 0.15) is 25.7 Å². The molecule has 0 radical (unpaired) electrons. The topological polar surface area (TPSA) is 184 Å². The molecule has 0 aliphatic rings. The molecule has 2 atom stereocenters. The highest BCUT2D eigenvalue weighted by molar-refractivity contribution is 6.38. The van der Waals surface area contributed by atoms with Crippen molar-refractivity contribution in [3.05, 3.63) is 0 Å². The lowest BCUT2D eigenvalue weighted by Crippen LogP contribution is -2.49. The Morgan fingerprint density at radius 3 is 1.81 bits per heavy atom. The highest BCUT2D eigenvalue weighted by Crippen LogP contribution is 2.01. The number of carbonyl (C=O) groups excluding carboxylic acids is 2. The average molecular weight is 304 g/mol. The van der Waals surface area contributed by atoms with Crippen LogP contribution in [0.4, 0.5) is 0 Å². The highest BCUT2D eigenvalue weighted by atomic mass is 16.4. The molecule has 21 heavy (non-hydrogen) atoms. The maximum Gasteiger partial charge on any atom is 0.326 e. The fourth-order valence-electron chi connectivity index (χ4n) is 1.33. The summed E-state index contributed by atoms with van der Waals surface area (Å²) in [5.41, 5.74) is 5.33. The first-order chi connectivity index (χ1) is 9.65. The molecule has 0 aliphatic carbocycles. The lowest BCUT2D eigenvalue weighted by atomic mass is 10.1. The number of aliphatic carboxylic acids is 3. The summed E-state index contributed by atoms with van der Waals surface area (Å²) < 4.78 is 0. The Morgan fingerprint density at radius 1 is 0.905 bits per heavy atom. The Hall–Kier alpha value is -2.49. The number of Topliss-reactive ketones (excluding diaryl/α,β-unsaturated/α-hetero) is 1. The van der Waals surface area contributed by atoms with E-state index >= 15 is 0 Å². The molecule has 0 unspecified atom stereocenters. The van der Waals surface area contributed by atoms with Gasteiger partial charge in [-0.2, -0.15) is 0 Å². The van der Waals surface area contributed by atoms with Crippen LogP contribution >= 0.6 is 0 Å². The predicted molar refractivity (Wildman–Crippen MR) is 66.3 cm³/mol. The normalized spacial score (nSPS) is 13.0. The van der Waals surface area contributed by atoms with Gasteiger partial charge < -0.3 is 26.4 Å². The van der Waals surface area contributed by atoms with Gasteiger partial charge in [0.1, 0.15) is 6.04 Å². The monoisotopic (exact) mass is 304 g/mol. The number of hydrogen-bond acceptors (Lipinski definition) is 6. The number of carboxylic acid groups (broad SMARTS) is 3. The second-order valence-electron chi connectivity index (χ2n) is 4.20. The van der Waals surface area contributed by atoms with Crippen LogP contribution in [0.3, 0.4) is 0 Å². The van der Waals surface area contributed by atoms with Crippen molar-refractivity contribution in [2.24, 2.45) is 5.73 Å². The summed E-state index contributed by atoms with van der Waals surface area (Å²) in [7, 11) is 0. The molecule has 1 amide bonds. The standard InChI is InChI=1S/C11H16N2O8/c12-5(1-3-7(14)15)9(18)10(19)13-6(11(20)21)2-4-8(16)17/h5-6H,1-4,12H2,(H,13,19)(H,14,15)(H,16,17)(H,20,21)/t5-,6-/m1/s1. The molecule has 0 aromatic carbocycles. The van der Waals surface area contributed by atoms with E-state index in [2.05, 4.69) is 0 Å². The van der Waals surface area contributed by atoms with E-state index in [1.54, 1.807) is 0 Å². The fourth-order valence-corrected chi connectivity index (χ4v) is 1.33. The van der Waals surface area contributed by atoms with Crippen molar-refractivity contribution in [1.82, 2.24) is 5.32 Å². The summed E-state index contributed by atoms with van der Waals surface area (Å²) in [6.45, 7) is 0. The molecule has 10 heteroatoms. The first-order valence-electron chi connectivity index (χ1n) is 5.91. The van der Waals surface area contributed by atoms with Crippen molar-refractivity contribution in [1.29, 1.82) is 0 Å². The summed E-state index contributed by atoms with van der Waals surface area (Å²) in [5.74, 6) is -6.37. The van der Waals surface area contributed by atoms with Gasteiger partial charge >= 0.3 is 17.9 Å². The molecule has 0 fully saturated rings. The average Bonchev–Trinajstić information content (AvgIpc) is 2.38. The molecule has 0 heterocycles. The van der Waals surface area contributed by atoms with E-state index in [9.17, 15) is 24.0 Å². The van der Waals surface area contributed by atoms with E-state index < -0.39 is 60.9 Å². The molecule has 10 nitrogen and oxygen atoms in total. The van der Waals surface area contributed by atoms with Gasteiger partial charge in [-0.3, -0.25) is 19.2 Å². The number of carboxylic acids is 3. The van der Waals surface area contributed by atoms with Crippen molar-refractivity contribution in [2.75, 3.05) is 0 Å². The summed E-state index contributed by atoms with van der Waals surface area (Å²) in [5, 5.41) is 27.5. The molecular weight excluding hydrogens is 288 g/mol. The van der Waals surface area contributed by atoms with Crippen molar-refractivity contribution in [2.45, 2.75) is 37.8 Å². The van der Waals surface area contributed by atoms with Crippen LogP contribution in [-0.2, 0) is 24.0 Å². The molecule has 0 aromatic rings. The van der Waals surface area contributed by atoms with Gasteiger partial charge in [-0.1, -0.05) is 0 Å². The third kappa shape index (κ3) is 7.62. The van der Waals surface area contributed by atoms with Crippen LogP contribution in [-0.4, -0.2) is 57.0 Å². The van der Waals surface area contributed by atoms with E-state index in [1.165, 1.54) is 0 Å². The van der Waals surface area contributed by atoms with Gasteiger partial charge in [-0.25, -0.2) is 4.79 Å². The Morgan fingerprint density at radius 2 is 1.38 bits per heavy atom. The SMILES string of the molecule is N[C@H](CCC(=O)O)C(=O)C(=O)N[C@H](CCC(=O)O)C(=O)O. The molecule has 0 bridgehead atoms. The van der Waals surface area contributed by atoms with E-state index in [0.717, 1.165) is 0 Å². The third-order valence-corrected chi connectivity index (χ3v) is 2.48. The Kier molecular flexibility index (Phi) is 7.61. The molecular formula is C11H16N2O8. The Labute approximate surface area is 118 Å². The van der Waals surface area contributed by atoms with Gasteiger partial charge in [0.2, 0.25) is 5.78 Å². The van der Waals surface area contributed by atoms with E-state index in [1.807, 2.05) is 5.32 Å². The van der Waals surface area contributed by atoms with E-state index in [-0.39, 0.29) is 6.42 Å². The second kappa shape index (κ2) is 8.64. The molecule has 0 aromatic heterocycles. The molecule has 0 spiro atoms. The minimum Gasteiger partial charge on any atom is -0.481 e. The van der Waals surface area contributed by atoms with Gasteiger partial charge in [-0.15, -0.1) is 0 Å². The van der Waals surface area contributed by atoms with Crippen LogP contribution < -0.4 is 11.1 Å². The minimum absolute atomic E-state index is 0.269. The van der Waals surface area contributed by atoms with Crippen molar-refractivity contribution in [3.63, 3.8) is 0 Å².